The summed E-state index contributed by atoms with van der Waals surface area (Å²) in [5.41, 5.74) is 5.64. The first-order valence-corrected chi connectivity index (χ1v) is 7.51. The maximum Gasteiger partial charge on any atom is 0.306 e. The fourth-order valence-electron chi connectivity index (χ4n) is 2.17. The minimum absolute atomic E-state index is 0.0139. The topological polar surface area (TPSA) is 92.4 Å². The Morgan fingerprint density at radius 3 is 2.20 bits per heavy atom. The van der Waals surface area contributed by atoms with Crippen molar-refractivity contribution in [2.24, 2.45) is 23.5 Å². The van der Waals surface area contributed by atoms with Gasteiger partial charge in [0.2, 0.25) is 5.91 Å². The van der Waals surface area contributed by atoms with Gasteiger partial charge in [0, 0.05) is 12.6 Å². The average Bonchev–Trinajstić information content (AvgIpc) is 2.34. The van der Waals surface area contributed by atoms with E-state index in [0.29, 0.717) is 18.9 Å². The Morgan fingerprint density at radius 2 is 1.75 bits per heavy atom. The van der Waals surface area contributed by atoms with Crippen LogP contribution >= 0.6 is 0 Å². The number of amides is 1. The van der Waals surface area contributed by atoms with E-state index in [4.69, 9.17) is 10.8 Å². The molecule has 0 fully saturated rings. The van der Waals surface area contributed by atoms with Crippen LogP contribution in [0.3, 0.4) is 0 Å². The van der Waals surface area contributed by atoms with E-state index in [1.165, 1.54) is 0 Å². The highest BCUT2D eigenvalue weighted by molar-refractivity contribution is 5.79. The lowest BCUT2D eigenvalue weighted by Gasteiger charge is -2.20. The van der Waals surface area contributed by atoms with E-state index < -0.39 is 5.97 Å². The lowest BCUT2D eigenvalue weighted by Crippen LogP contribution is -2.40. The molecule has 5 nitrogen and oxygen atoms in total. The monoisotopic (exact) mass is 286 g/mol. The van der Waals surface area contributed by atoms with Crippen LogP contribution in [0.4, 0.5) is 0 Å². The number of aliphatic carboxylic acids is 1. The number of carbonyl (C=O) groups excluding carboxylic acids is 1. The molecule has 118 valence electrons. The molecule has 4 N–H and O–H groups in total. The van der Waals surface area contributed by atoms with E-state index in [1.54, 1.807) is 6.92 Å². The molecule has 20 heavy (non-hydrogen) atoms. The van der Waals surface area contributed by atoms with Gasteiger partial charge in [-0.05, 0) is 32.1 Å². The summed E-state index contributed by atoms with van der Waals surface area (Å²) in [6, 6.07) is 0.0599. The Bertz CT molecular complexity index is 305. The van der Waals surface area contributed by atoms with Crippen LogP contribution in [0.5, 0.6) is 0 Å². The van der Waals surface area contributed by atoms with E-state index in [2.05, 4.69) is 19.2 Å². The Balaban J connectivity index is 4.03. The fraction of sp³-hybridized carbons (Fsp3) is 0.867. The van der Waals surface area contributed by atoms with Gasteiger partial charge in [-0.3, -0.25) is 9.59 Å². The zero-order chi connectivity index (χ0) is 15.7. The second-order valence-corrected chi connectivity index (χ2v) is 6.14. The maximum absolute atomic E-state index is 12.0. The number of rotatable bonds is 10. The largest absolute Gasteiger partial charge is 0.481 e. The zero-order valence-corrected chi connectivity index (χ0v) is 13.2. The van der Waals surface area contributed by atoms with E-state index in [9.17, 15) is 9.59 Å². The number of carbonyl (C=O) groups is 2. The minimum Gasteiger partial charge on any atom is -0.481 e. The molecule has 0 aliphatic heterocycles. The number of nitrogens with two attached hydrogens (primary N) is 1. The number of carboxylic acids is 1. The Morgan fingerprint density at radius 1 is 1.15 bits per heavy atom. The molecule has 0 aliphatic carbocycles. The summed E-state index contributed by atoms with van der Waals surface area (Å²) in [4.78, 5) is 22.7. The number of carboxylic acid groups (broad SMARTS) is 1. The summed E-state index contributed by atoms with van der Waals surface area (Å²) in [5, 5.41) is 11.8. The fourth-order valence-corrected chi connectivity index (χ4v) is 2.17. The summed E-state index contributed by atoms with van der Waals surface area (Å²) in [6.07, 6.45) is 3.03. The molecule has 0 rings (SSSR count). The molecule has 0 saturated carbocycles. The number of nitrogens with one attached hydrogen (secondary N) is 1. The van der Waals surface area contributed by atoms with Gasteiger partial charge in [0.1, 0.15) is 0 Å². The Kier molecular flexibility index (Phi) is 9.21. The van der Waals surface area contributed by atoms with Gasteiger partial charge in [-0.2, -0.15) is 0 Å². The normalized spacial score (nSPS) is 15.7. The molecular formula is C15H30N2O3. The smallest absolute Gasteiger partial charge is 0.306 e. The highest BCUT2D eigenvalue weighted by Gasteiger charge is 2.19. The molecule has 0 aromatic heterocycles. The lowest BCUT2D eigenvalue weighted by molar-refractivity contribution is -0.141. The first-order chi connectivity index (χ1) is 9.27. The molecule has 3 atom stereocenters. The molecule has 3 unspecified atom stereocenters. The maximum atomic E-state index is 12.0. The minimum atomic E-state index is -0.762. The zero-order valence-electron chi connectivity index (χ0n) is 13.2. The Labute approximate surface area is 122 Å². The van der Waals surface area contributed by atoms with Crippen molar-refractivity contribution in [3.63, 3.8) is 0 Å². The molecule has 0 saturated heterocycles. The van der Waals surface area contributed by atoms with Gasteiger partial charge in [-0.1, -0.05) is 27.2 Å². The van der Waals surface area contributed by atoms with Crippen LogP contribution in [-0.4, -0.2) is 29.6 Å². The second kappa shape index (κ2) is 9.75. The van der Waals surface area contributed by atoms with Crippen molar-refractivity contribution in [3.05, 3.63) is 0 Å². The third-order valence-electron chi connectivity index (χ3n) is 3.50. The van der Waals surface area contributed by atoms with E-state index >= 15 is 0 Å². The second-order valence-electron chi connectivity index (χ2n) is 6.14. The Hall–Kier alpha value is -1.10. The average molecular weight is 286 g/mol. The van der Waals surface area contributed by atoms with Crippen molar-refractivity contribution in [1.29, 1.82) is 0 Å². The third kappa shape index (κ3) is 8.15. The lowest BCUT2D eigenvalue weighted by atomic mass is 9.95. The van der Waals surface area contributed by atoms with E-state index in [-0.39, 0.29) is 23.8 Å². The SMILES string of the molecule is CC(C)CC(CN)C(=O)NC(C)CCCC(C)C(=O)O. The van der Waals surface area contributed by atoms with E-state index in [0.717, 1.165) is 19.3 Å². The molecule has 0 bridgehead atoms. The summed E-state index contributed by atoms with van der Waals surface area (Å²) >= 11 is 0. The van der Waals surface area contributed by atoms with Crippen molar-refractivity contribution in [2.45, 2.75) is 59.4 Å². The highest BCUT2D eigenvalue weighted by atomic mass is 16.4. The molecule has 0 radical (unpaired) electrons. The molecule has 0 aromatic rings. The van der Waals surface area contributed by atoms with Gasteiger partial charge < -0.3 is 16.2 Å². The molecule has 0 heterocycles. The number of hydrogen-bond acceptors (Lipinski definition) is 3. The molecule has 1 amide bonds. The molecular weight excluding hydrogens is 256 g/mol. The van der Waals surface area contributed by atoms with Gasteiger partial charge in [0.15, 0.2) is 0 Å². The van der Waals surface area contributed by atoms with Gasteiger partial charge in [-0.25, -0.2) is 0 Å². The molecule has 0 spiro atoms. The molecule has 0 aromatic carbocycles. The van der Waals surface area contributed by atoms with Gasteiger partial charge in [-0.15, -0.1) is 0 Å². The summed E-state index contributed by atoms with van der Waals surface area (Å²) in [7, 11) is 0. The quantitative estimate of drug-likeness (QED) is 0.572. The van der Waals surface area contributed by atoms with Crippen LogP contribution in [0, 0.1) is 17.8 Å². The summed E-state index contributed by atoms with van der Waals surface area (Å²) < 4.78 is 0. The van der Waals surface area contributed by atoms with Crippen molar-refractivity contribution >= 4 is 11.9 Å². The van der Waals surface area contributed by atoms with Crippen molar-refractivity contribution in [1.82, 2.24) is 5.32 Å². The van der Waals surface area contributed by atoms with Crippen molar-refractivity contribution in [2.75, 3.05) is 6.54 Å². The van der Waals surface area contributed by atoms with Crippen LogP contribution in [0.15, 0.2) is 0 Å². The van der Waals surface area contributed by atoms with Gasteiger partial charge in [0.25, 0.3) is 0 Å². The predicted molar refractivity (Wildman–Crippen MR) is 80.3 cm³/mol. The van der Waals surface area contributed by atoms with Gasteiger partial charge >= 0.3 is 5.97 Å². The van der Waals surface area contributed by atoms with Crippen molar-refractivity contribution in [3.8, 4) is 0 Å². The first-order valence-electron chi connectivity index (χ1n) is 7.51. The summed E-state index contributed by atoms with van der Waals surface area (Å²) in [5.74, 6) is -0.756. The van der Waals surface area contributed by atoms with Crippen LogP contribution in [0.25, 0.3) is 0 Å². The third-order valence-corrected chi connectivity index (χ3v) is 3.50. The van der Waals surface area contributed by atoms with Crippen LogP contribution in [-0.2, 0) is 9.59 Å². The predicted octanol–water partition coefficient (Wildman–Crippen LogP) is 2.00. The first kappa shape index (κ1) is 18.9. The van der Waals surface area contributed by atoms with Gasteiger partial charge in [0.05, 0.1) is 11.8 Å². The number of hydrogen-bond donors (Lipinski definition) is 3. The molecule has 5 heteroatoms. The van der Waals surface area contributed by atoms with Crippen LogP contribution < -0.4 is 11.1 Å². The highest BCUT2D eigenvalue weighted by Crippen LogP contribution is 2.13. The molecule has 0 aliphatic rings. The standard InChI is InChI=1S/C15H30N2O3/c1-10(2)8-13(9-16)14(18)17-12(4)7-5-6-11(3)15(19)20/h10-13H,5-9,16H2,1-4H3,(H,17,18)(H,19,20). The van der Waals surface area contributed by atoms with Crippen LogP contribution in [0.1, 0.15) is 53.4 Å². The van der Waals surface area contributed by atoms with Crippen LogP contribution in [0.2, 0.25) is 0 Å². The summed E-state index contributed by atoms with van der Waals surface area (Å²) in [6.45, 7) is 8.18. The van der Waals surface area contributed by atoms with E-state index in [1.807, 2.05) is 6.92 Å². The van der Waals surface area contributed by atoms with Crippen molar-refractivity contribution < 1.29 is 14.7 Å².